The second-order valence-electron chi connectivity index (χ2n) is 7.50. The average Bonchev–Trinajstić information content (AvgIpc) is 2.89. The van der Waals surface area contributed by atoms with Gasteiger partial charge < -0.3 is 19.5 Å². The van der Waals surface area contributed by atoms with E-state index < -0.39 is 10.0 Å². The van der Waals surface area contributed by atoms with Gasteiger partial charge in [-0.1, -0.05) is 0 Å². The van der Waals surface area contributed by atoms with Gasteiger partial charge in [-0.05, 0) is 60.2 Å². The van der Waals surface area contributed by atoms with Crippen LogP contribution < -0.4 is 14.8 Å². The second-order valence-corrected chi connectivity index (χ2v) is 9.41. The minimum Gasteiger partial charge on any atom is -0.495 e. The topological polar surface area (TPSA) is 107 Å². The van der Waals surface area contributed by atoms with Gasteiger partial charge in [0.1, 0.15) is 23.0 Å². The van der Waals surface area contributed by atoms with Gasteiger partial charge in [0.05, 0.1) is 20.3 Å². The molecule has 4 rings (SSSR count). The van der Waals surface area contributed by atoms with Crippen molar-refractivity contribution in [3.05, 3.63) is 78.1 Å². The van der Waals surface area contributed by atoms with Crippen molar-refractivity contribution in [2.24, 2.45) is 0 Å². The summed E-state index contributed by atoms with van der Waals surface area (Å²) in [6.45, 7) is 1.58. The van der Waals surface area contributed by atoms with Crippen molar-refractivity contribution >= 4 is 21.6 Å². The Labute approximate surface area is 198 Å². The molecule has 1 aliphatic rings. The molecule has 3 aromatic rings. The molecule has 0 radical (unpaired) electrons. The fourth-order valence-corrected chi connectivity index (χ4v) is 5.02. The van der Waals surface area contributed by atoms with Crippen molar-refractivity contribution in [1.29, 1.82) is 0 Å². The van der Waals surface area contributed by atoms with E-state index >= 15 is 0 Å². The Morgan fingerprint density at radius 1 is 1.06 bits per heavy atom. The highest BCUT2D eigenvalue weighted by atomic mass is 32.2. The van der Waals surface area contributed by atoms with E-state index in [1.54, 1.807) is 42.7 Å². The maximum Gasteiger partial charge on any atom is 0.255 e. The molecule has 1 amide bonds. The zero-order chi connectivity index (χ0) is 24.0. The molecule has 1 aromatic heterocycles. The first kappa shape index (κ1) is 23.7. The molecule has 0 atom stereocenters. The lowest BCUT2D eigenvalue weighted by atomic mass is 10.2. The minimum absolute atomic E-state index is 0.00504. The maximum absolute atomic E-state index is 13.1. The van der Waals surface area contributed by atoms with Crippen LogP contribution in [0.5, 0.6) is 11.5 Å². The third kappa shape index (κ3) is 5.53. The molecule has 0 saturated carbocycles. The van der Waals surface area contributed by atoms with Gasteiger partial charge in [-0.25, -0.2) is 8.42 Å². The molecular weight excluding hydrogens is 458 g/mol. The van der Waals surface area contributed by atoms with Gasteiger partial charge in [0.2, 0.25) is 10.0 Å². The quantitative estimate of drug-likeness (QED) is 0.525. The molecule has 2 aromatic carbocycles. The third-order valence-electron chi connectivity index (χ3n) is 5.28. The van der Waals surface area contributed by atoms with Crippen molar-refractivity contribution in [2.45, 2.75) is 11.5 Å². The number of aromatic nitrogens is 1. The predicted octanol–water partition coefficient (Wildman–Crippen LogP) is 2.94. The predicted molar refractivity (Wildman–Crippen MR) is 126 cm³/mol. The number of carbonyl (C=O) groups is 1. The van der Waals surface area contributed by atoms with Crippen LogP contribution >= 0.6 is 0 Å². The largest absolute Gasteiger partial charge is 0.495 e. The minimum atomic E-state index is -3.81. The Morgan fingerprint density at radius 3 is 2.44 bits per heavy atom. The maximum atomic E-state index is 13.1. The second kappa shape index (κ2) is 10.6. The van der Waals surface area contributed by atoms with E-state index in [9.17, 15) is 13.2 Å². The lowest BCUT2D eigenvalue weighted by Crippen LogP contribution is -2.40. The van der Waals surface area contributed by atoms with E-state index in [-0.39, 0.29) is 29.6 Å². The number of rotatable bonds is 8. The van der Waals surface area contributed by atoms with Crippen LogP contribution in [-0.2, 0) is 21.4 Å². The number of methoxy groups -OCH3 is 1. The van der Waals surface area contributed by atoms with Crippen molar-refractivity contribution in [1.82, 2.24) is 9.29 Å². The number of sulfonamides is 1. The number of amides is 1. The summed E-state index contributed by atoms with van der Waals surface area (Å²) in [5.41, 5.74) is 1.74. The number of anilines is 1. The zero-order valence-corrected chi connectivity index (χ0v) is 19.5. The summed E-state index contributed by atoms with van der Waals surface area (Å²) in [6, 6.07) is 15.0. The van der Waals surface area contributed by atoms with Crippen LogP contribution in [0.15, 0.2) is 71.9 Å². The summed E-state index contributed by atoms with van der Waals surface area (Å²) in [6.07, 6.45) is 3.39. The molecule has 0 unspecified atom stereocenters. The number of benzene rings is 2. The molecule has 9 nitrogen and oxygen atoms in total. The SMILES string of the molecule is COc1ccc(NC(=O)c2ccc(OCc3ccncc3)cc2)cc1S(=O)(=O)N1CCOCC1. The molecule has 178 valence electrons. The summed E-state index contributed by atoms with van der Waals surface area (Å²) in [5.74, 6) is 0.456. The average molecular weight is 484 g/mol. The molecule has 10 heteroatoms. The number of pyridine rings is 1. The molecule has 0 aliphatic carbocycles. The van der Waals surface area contributed by atoms with E-state index in [2.05, 4.69) is 10.3 Å². The van der Waals surface area contributed by atoms with Gasteiger partial charge >= 0.3 is 0 Å². The summed E-state index contributed by atoms with van der Waals surface area (Å²) in [7, 11) is -2.40. The normalized spacial score (nSPS) is 14.4. The molecule has 34 heavy (non-hydrogen) atoms. The standard InChI is InChI=1S/C24H25N3O6S/c1-31-22-7-4-20(16-23(22)34(29,30)27-12-14-32-15-13-27)26-24(28)19-2-5-21(6-3-19)33-17-18-8-10-25-11-9-18/h2-11,16H,12-15,17H2,1H3,(H,26,28). The van der Waals surface area contributed by atoms with E-state index in [0.717, 1.165) is 5.56 Å². The first-order valence-corrected chi connectivity index (χ1v) is 12.1. The van der Waals surface area contributed by atoms with Crippen molar-refractivity contribution in [2.75, 3.05) is 38.7 Å². The number of carbonyl (C=O) groups excluding carboxylic acids is 1. The van der Waals surface area contributed by atoms with E-state index in [4.69, 9.17) is 14.2 Å². The lowest BCUT2D eigenvalue weighted by molar-refractivity contribution is 0.0729. The first-order chi connectivity index (χ1) is 16.5. The van der Waals surface area contributed by atoms with Crippen LogP contribution in [0.25, 0.3) is 0 Å². The molecule has 1 N–H and O–H groups in total. The number of hydrogen-bond donors (Lipinski definition) is 1. The van der Waals surface area contributed by atoms with Crippen LogP contribution in [-0.4, -0.2) is 57.0 Å². The highest BCUT2D eigenvalue weighted by Gasteiger charge is 2.29. The Morgan fingerprint density at radius 2 is 1.76 bits per heavy atom. The van der Waals surface area contributed by atoms with Gasteiger partial charge in [0.15, 0.2) is 0 Å². The highest BCUT2D eigenvalue weighted by Crippen LogP contribution is 2.30. The van der Waals surface area contributed by atoms with Gasteiger partial charge in [-0.2, -0.15) is 4.31 Å². The summed E-state index contributed by atoms with van der Waals surface area (Å²) >= 11 is 0. The van der Waals surface area contributed by atoms with Gasteiger partial charge in [-0.3, -0.25) is 9.78 Å². The zero-order valence-electron chi connectivity index (χ0n) is 18.6. The third-order valence-corrected chi connectivity index (χ3v) is 7.20. The van der Waals surface area contributed by atoms with Crippen LogP contribution in [0, 0.1) is 0 Å². The Hall–Kier alpha value is -3.47. The fraction of sp³-hybridized carbons (Fsp3) is 0.250. The van der Waals surface area contributed by atoms with Crippen molar-refractivity contribution in [3.8, 4) is 11.5 Å². The number of nitrogens with one attached hydrogen (secondary N) is 1. The monoisotopic (exact) mass is 483 g/mol. The van der Waals surface area contributed by atoms with Gasteiger partial charge in [-0.15, -0.1) is 0 Å². The van der Waals surface area contributed by atoms with Crippen LogP contribution in [0.4, 0.5) is 5.69 Å². The first-order valence-electron chi connectivity index (χ1n) is 10.7. The number of nitrogens with zero attached hydrogens (tertiary/aromatic N) is 2. The lowest BCUT2D eigenvalue weighted by Gasteiger charge is -2.26. The van der Waals surface area contributed by atoms with Crippen molar-refractivity contribution in [3.63, 3.8) is 0 Å². The Bertz CT molecular complexity index is 1230. The van der Waals surface area contributed by atoms with Crippen LogP contribution in [0.2, 0.25) is 0 Å². The van der Waals surface area contributed by atoms with E-state index in [1.807, 2.05) is 12.1 Å². The molecule has 0 spiro atoms. The highest BCUT2D eigenvalue weighted by molar-refractivity contribution is 7.89. The Balaban J connectivity index is 1.46. The van der Waals surface area contributed by atoms with Crippen LogP contribution in [0.1, 0.15) is 15.9 Å². The number of hydrogen-bond acceptors (Lipinski definition) is 7. The molecule has 1 aliphatic heterocycles. The van der Waals surface area contributed by atoms with E-state index in [0.29, 0.717) is 36.8 Å². The summed E-state index contributed by atoms with van der Waals surface area (Å²) < 4.78 is 43.9. The molecule has 2 heterocycles. The van der Waals surface area contributed by atoms with E-state index in [1.165, 1.54) is 23.5 Å². The smallest absolute Gasteiger partial charge is 0.255 e. The summed E-state index contributed by atoms with van der Waals surface area (Å²) in [5, 5.41) is 2.75. The summed E-state index contributed by atoms with van der Waals surface area (Å²) in [4.78, 5) is 16.7. The van der Waals surface area contributed by atoms with Gasteiger partial charge in [0, 0.05) is 36.7 Å². The number of ether oxygens (including phenoxy) is 3. The number of morpholine rings is 1. The molecule has 1 saturated heterocycles. The molecule has 1 fully saturated rings. The molecular formula is C24H25N3O6S. The van der Waals surface area contributed by atoms with Gasteiger partial charge in [0.25, 0.3) is 5.91 Å². The van der Waals surface area contributed by atoms with Crippen molar-refractivity contribution < 1.29 is 27.4 Å². The Kier molecular flexibility index (Phi) is 7.41. The molecule has 0 bridgehead atoms. The fourth-order valence-electron chi connectivity index (χ4n) is 3.43. The van der Waals surface area contributed by atoms with Crippen LogP contribution in [0.3, 0.4) is 0 Å².